The van der Waals surface area contributed by atoms with Gasteiger partial charge in [0.15, 0.2) is 5.82 Å². The molecule has 0 atom stereocenters. The van der Waals surface area contributed by atoms with Gasteiger partial charge in [-0.05, 0) is 36.8 Å². The molecule has 0 aliphatic heterocycles. The van der Waals surface area contributed by atoms with E-state index in [-0.39, 0.29) is 5.41 Å². The van der Waals surface area contributed by atoms with Gasteiger partial charge in [-0.1, -0.05) is 44.5 Å². The van der Waals surface area contributed by atoms with Gasteiger partial charge in [-0.25, -0.2) is 4.98 Å². The summed E-state index contributed by atoms with van der Waals surface area (Å²) in [4.78, 5) is 4.45. The Morgan fingerprint density at radius 2 is 2.04 bits per heavy atom. The molecule has 3 aromatic rings. The highest BCUT2D eigenvalue weighted by molar-refractivity contribution is 7.71. The summed E-state index contributed by atoms with van der Waals surface area (Å²) in [5.74, 6) is 0.754. The Hall–Kier alpha value is -2.05. The SMILES string of the molecule is Cc1ccc2cc(/C=N\n3c(C(C)(C)C)n[nH]c3=S)c(Cl)nc2c1. The van der Waals surface area contributed by atoms with E-state index in [0.29, 0.717) is 9.92 Å². The summed E-state index contributed by atoms with van der Waals surface area (Å²) >= 11 is 11.6. The number of fused-ring (bicyclic) bond motifs is 1. The monoisotopic (exact) mass is 359 g/mol. The number of aromatic amines is 1. The standard InChI is InChI=1S/C17H18ClN5S/c1-10-5-6-11-8-12(14(18)20-13(11)7-10)9-19-23-15(17(2,3)4)21-22-16(23)24/h5-9H,1-4H3,(H,22,24)/b19-9-. The molecule has 124 valence electrons. The molecule has 1 N–H and O–H groups in total. The quantitative estimate of drug-likeness (QED) is 0.412. The Bertz CT molecular complexity index is 994. The lowest BCUT2D eigenvalue weighted by atomic mass is 9.96. The summed E-state index contributed by atoms with van der Waals surface area (Å²) < 4.78 is 2.06. The maximum atomic E-state index is 6.30. The van der Waals surface area contributed by atoms with E-state index in [2.05, 4.69) is 41.1 Å². The molecule has 2 heterocycles. The average Bonchev–Trinajstić information content (AvgIpc) is 2.86. The Balaban J connectivity index is 2.06. The smallest absolute Gasteiger partial charge is 0.216 e. The molecule has 0 unspecified atom stereocenters. The first-order valence-corrected chi connectivity index (χ1v) is 8.33. The molecule has 0 amide bonds. The number of hydrogen-bond donors (Lipinski definition) is 1. The molecule has 7 heteroatoms. The van der Waals surface area contributed by atoms with Gasteiger partial charge < -0.3 is 0 Å². The van der Waals surface area contributed by atoms with Crippen molar-refractivity contribution >= 4 is 40.9 Å². The number of benzene rings is 1. The molecule has 0 bridgehead atoms. The summed E-state index contributed by atoms with van der Waals surface area (Å²) in [5, 5.41) is 12.9. The Kier molecular flexibility index (Phi) is 4.27. The number of rotatable bonds is 2. The van der Waals surface area contributed by atoms with Gasteiger partial charge in [-0.3, -0.25) is 5.10 Å². The number of pyridine rings is 1. The zero-order valence-corrected chi connectivity index (χ0v) is 15.5. The van der Waals surface area contributed by atoms with Crippen molar-refractivity contribution in [3.05, 3.63) is 51.1 Å². The van der Waals surface area contributed by atoms with E-state index < -0.39 is 0 Å². The van der Waals surface area contributed by atoms with E-state index in [4.69, 9.17) is 23.8 Å². The zero-order valence-electron chi connectivity index (χ0n) is 14.0. The van der Waals surface area contributed by atoms with Crippen molar-refractivity contribution < 1.29 is 0 Å². The first-order valence-electron chi connectivity index (χ1n) is 7.55. The van der Waals surface area contributed by atoms with Crippen LogP contribution in [0.3, 0.4) is 0 Å². The molecule has 3 rings (SSSR count). The predicted molar refractivity (Wildman–Crippen MR) is 101 cm³/mol. The van der Waals surface area contributed by atoms with E-state index in [9.17, 15) is 0 Å². The van der Waals surface area contributed by atoms with E-state index in [1.165, 1.54) is 0 Å². The van der Waals surface area contributed by atoms with Crippen LogP contribution in [0.1, 0.15) is 37.7 Å². The molecule has 0 aliphatic rings. The number of aryl methyl sites for hydroxylation is 1. The van der Waals surface area contributed by atoms with E-state index >= 15 is 0 Å². The van der Waals surface area contributed by atoms with Crippen molar-refractivity contribution in [2.45, 2.75) is 33.1 Å². The number of halogens is 1. The molecule has 0 radical (unpaired) electrons. The molecule has 1 aromatic carbocycles. The molecule has 24 heavy (non-hydrogen) atoms. The molecular weight excluding hydrogens is 342 g/mol. The van der Waals surface area contributed by atoms with Crippen molar-refractivity contribution in [1.82, 2.24) is 19.9 Å². The van der Waals surface area contributed by atoms with E-state index in [1.54, 1.807) is 10.9 Å². The maximum absolute atomic E-state index is 6.30. The van der Waals surface area contributed by atoms with Gasteiger partial charge in [0.1, 0.15) is 5.15 Å². The van der Waals surface area contributed by atoms with Crippen LogP contribution >= 0.6 is 23.8 Å². The van der Waals surface area contributed by atoms with Crippen LogP contribution in [0.15, 0.2) is 29.4 Å². The molecule has 0 aliphatic carbocycles. The van der Waals surface area contributed by atoms with Crippen LogP contribution < -0.4 is 0 Å². The Labute approximate surface area is 150 Å². The Morgan fingerprint density at radius 3 is 2.75 bits per heavy atom. The van der Waals surface area contributed by atoms with Crippen LogP contribution in [-0.4, -0.2) is 26.1 Å². The maximum Gasteiger partial charge on any atom is 0.216 e. The largest absolute Gasteiger partial charge is 0.250 e. The molecule has 2 aromatic heterocycles. The molecule has 5 nitrogen and oxygen atoms in total. The van der Waals surface area contributed by atoms with Gasteiger partial charge in [-0.15, -0.1) is 0 Å². The van der Waals surface area contributed by atoms with Crippen molar-refractivity contribution in [2.24, 2.45) is 5.10 Å². The van der Waals surface area contributed by atoms with Gasteiger partial charge in [0.05, 0.1) is 11.7 Å². The second-order valence-corrected chi connectivity index (χ2v) is 7.47. The van der Waals surface area contributed by atoms with Crippen molar-refractivity contribution in [1.29, 1.82) is 0 Å². The van der Waals surface area contributed by atoms with Crippen molar-refractivity contribution in [3.63, 3.8) is 0 Å². The third-order valence-electron chi connectivity index (χ3n) is 3.59. The lowest BCUT2D eigenvalue weighted by molar-refractivity contribution is 0.516. The predicted octanol–water partition coefficient (Wildman–Crippen LogP) is 4.63. The minimum atomic E-state index is -0.187. The van der Waals surface area contributed by atoms with Crippen molar-refractivity contribution in [3.8, 4) is 0 Å². The average molecular weight is 360 g/mol. The molecule has 0 spiro atoms. The first kappa shape index (κ1) is 16.8. The van der Waals surface area contributed by atoms with E-state index in [1.807, 2.05) is 31.2 Å². The number of nitrogens with zero attached hydrogens (tertiary/aromatic N) is 4. The number of hydrogen-bond acceptors (Lipinski definition) is 4. The highest BCUT2D eigenvalue weighted by Gasteiger charge is 2.21. The highest BCUT2D eigenvalue weighted by atomic mass is 35.5. The number of H-pyrrole nitrogens is 1. The fraction of sp³-hybridized carbons (Fsp3) is 0.294. The Morgan fingerprint density at radius 1 is 1.29 bits per heavy atom. The summed E-state index contributed by atoms with van der Waals surface area (Å²) in [6.07, 6.45) is 1.66. The van der Waals surface area contributed by atoms with E-state index in [0.717, 1.165) is 27.9 Å². The summed E-state index contributed by atoms with van der Waals surface area (Å²) in [6.45, 7) is 8.18. The fourth-order valence-electron chi connectivity index (χ4n) is 2.36. The number of aromatic nitrogens is 4. The lowest BCUT2D eigenvalue weighted by Crippen LogP contribution is -2.17. The van der Waals surface area contributed by atoms with Crippen LogP contribution in [0, 0.1) is 11.7 Å². The number of nitrogens with one attached hydrogen (secondary N) is 1. The molecule has 0 saturated heterocycles. The summed E-state index contributed by atoms with van der Waals surface area (Å²) in [6, 6.07) is 8.04. The van der Waals surface area contributed by atoms with Crippen LogP contribution in [0.2, 0.25) is 5.15 Å². The third-order valence-corrected chi connectivity index (χ3v) is 4.15. The first-order chi connectivity index (χ1) is 11.3. The van der Waals surface area contributed by atoms with Crippen molar-refractivity contribution in [2.75, 3.05) is 0 Å². The summed E-state index contributed by atoms with van der Waals surface area (Å²) in [5.41, 5.74) is 2.56. The van der Waals surface area contributed by atoms with Gasteiger partial charge in [0, 0.05) is 16.4 Å². The van der Waals surface area contributed by atoms with Gasteiger partial charge in [-0.2, -0.15) is 14.9 Å². The lowest BCUT2D eigenvalue weighted by Gasteiger charge is -2.15. The third kappa shape index (κ3) is 3.25. The van der Waals surface area contributed by atoms with Crippen LogP contribution in [0.25, 0.3) is 10.9 Å². The van der Waals surface area contributed by atoms with Crippen LogP contribution in [0.5, 0.6) is 0 Å². The summed E-state index contributed by atoms with van der Waals surface area (Å²) in [7, 11) is 0. The minimum absolute atomic E-state index is 0.187. The highest BCUT2D eigenvalue weighted by Crippen LogP contribution is 2.22. The fourth-order valence-corrected chi connectivity index (χ4v) is 2.74. The molecular formula is C17H18ClN5S. The molecule has 0 fully saturated rings. The second-order valence-electron chi connectivity index (χ2n) is 6.72. The van der Waals surface area contributed by atoms with Gasteiger partial charge in [0.2, 0.25) is 4.77 Å². The van der Waals surface area contributed by atoms with Crippen LogP contribution in [-0.2, 0) is 5.41 Å². The molecule has 0 saturated carbocycles. The van der Waals surface area contributed by atoms with Gasteiger partial charge in [0.25, 0.3) is 0 Å². The normalized spacial score (nSPS) is 12.4. The minimum Gasteiger partial charge on any atom is -0.250 e. The zero-order chi connectivity index (χ0) is 17.5. The van der Waals surface area contributed by atoms with Crippen LogP contribution in [0.4, 0.5) is 0 Å². The van der Waals surface area contributed by atoms with Gasteiger partial charge >= 0.3 is 0 Å². The topological polar surface area (TPSA) is 58.9 Å². The second kappa shape index (κ2) is 6.11.